The summed E-state index contributed by atoms with van der Waals surface area (Å²) in [6.07, 6.45) is -7.71. The predicted octanol–water partition coefficient (Wildman–Crippen LogP) is 0.239. The number of carbonyl (C=O) groups excluding carboxylic acids is 7. The topological polar surface area (TPSA) is 199 Å². The van der Waals surface area contributed by atoms with Crippen LogP contribution in [-0.2, 0) is 62.0 Å². The molecule has 8 atom stereocenters. The number of para-hydroxylation sites is 1. The number of β-lactam (4-membered cyclic amide) rings is 1. The Morgan fingerprint density at radius 3 is 2.04 bits per heavy atom. The summed E-state index contributed by atoms with van der Waals surface area (Å²) in [7, 11) is 0. The quantitative estimate of drug-likeness (QED) is 0.189. The number of hydrogen-bond acceptors (Lipinski definition) is 15. The number of nitrogens with one attached hydrogen (secondary N) is 1. The van der Waals surface area contributed by atoms with Gasteiger partial charge in [0.05, 0.1) is 0 Å². The van der Waals surface area contributed by atoms with Gasteiger partial charge in [0.2, 0.25) is 18.3 Å². The molecule has 17 heteroatoms. The number of nitrogens with zero attached hydrogens (tertiary/aromatic N) is 1. The van der Waals surface area contributed by atoms with Crippen molar-refractivity contribution in [2.45, 2.75) is 94.5 Å². The Morgan fingerprint density at radius 1 is 0.851 bits per heavy atom. The van der Waals surface area contributed by atoms with Crippen molar-refractivity contribution in [3.8, 4) is 5.75 Å². The Labute approximate surface area is 274 Å². The third-order valence-corrected chi connectivity index (χ3v) is 8.85. The molecule has 1 unspecified atom stereocenters. The Hall–Kier alpha value is -4.38. The second kappa shape index (κ2) is 14.6. The molecular weight excluding hydrogens is 644 g/mol. The third-order valence-electron chi connectivity index (χ3n) is 7.27. The minimum Gasteiger partial charge on any atom is -0.484 e. The molecule has 0 spiro atoms. The van der Waals surface area contributed by atoms with Crippen LogP contribution >= 0.6 is 11.8 Å². The van der Waals surface area contributed by atoms with E-state index in [-0.39, 0.29) is 6.61 Å². The molecule has 3 saturated heterocycles. The van der Waals surface area contributed by atoms with Crippen molar-refractivity contribution in [2.75, 3.05) is 13.2 Å². The van der Waals surface area contributed by atoms with Gasteiger partial charge in [0.15, 0.2) is 18.8 Å². The van der Waals surface area contributed by atoms with Gasteiger partial charge in [0, 0.05) is 32.4 Å². The van der Waals surface area contributed by atoms with Gasteiger partial charge in [-0.1, -0.05) is 18.2 Å². The van der Waals surface area contributed by atoms with Crippen molar-refractivity contribution >= 4 is 53.4 Å². The molecule has 1 N–H and O–H groups in total. The molecule has 1 aromatic carbocycles. The molecule has 2 amide bonds. The van der Waals surface area contributed by atoms with Crippen LogP contribution < -0.4 is 10.1 Å². The molecule has 3 aliphatic heterocycles. The van der Waals surface area contributed by atoms with Crippen LogP contribution in [-0.4, -0.2) is 113 Å². The lowest BCUT2D eigenvalue weighted by Gasteiger charge is -2.45. The van der Waals surface area contributed by atoms with Crippen molar-refractivity contribution in [1.82, 2.24) is 10.2 Å². The molecule has 3 aliphatic rings. The summed E-state index contributed by atoms with van der Waals surface area (Å²) in [5.41, 5.74) is 0. The van der Waals surface area contributed by atoms with Crippen LogP contribution in [0.2, 0.25) is 0 Å². The minimum atomic E-state index is -1.76. The minimum absolute atomic E-state index is 0.330. The number of amides is 2. The van der Waals surface area contributed by atoms with E-state index in [0.717, 1.165) is 27.7 Å². The van der Waals surface area contributed by atoms with Gasteiger partial charge in [-0.05, 0) is 26.0 Å². The van der Waals surface area contributed by atoms with Crippen LogP contribution in [0.25, 0.3) is 0 Å². The van der Waals surface area contributed by atoms with E-state index in [1.165, 1.54) is 16.7 Å². The highest BCUT2D eigenvalue weighted by Crippen LogP contribution is 2.51. The highest BCUT2D eigenvalue weighted by atomic mass is 32.2. The maximum absolute atomic E-state index is 13.8. The van der Waals surface area contributed by atoms with E-state index in [1.807, 2.05) is 0 Å². The fourth-order valence-corrected chi connectivity index (χ4v) is 7.09. The first-order valence-electron chi connectivity index (χ1n) is 14.6. The number of hydrogen-bond donors (Lipinski definition) is 1. The summed E-state index contributed by atoms with van der Waals surface area (Å²) in [6, 6.07) is 6.53. The molecule has 0 radical (unpaired) electrons. The van der Waals surface area contributed by atoms with Gasteiger partial charge in [0.1, 0.15) is 35.9 Å². The van der Waals surface area contributed by atoms with E-state index < -0.39 is 101 Å². The maximum Gasteiger partial charge on any atom is 0.332 e. The van der Waals surface area contributed by atoms with E-state index in [9.17, 15) is 33.6 Å². The number of carbonyl (C=O) groups is 7. The Bertz CT molecular complexity index is 1400. The maximum atomic E-state index is 13.8. The lowest BCUT2D eigenvalue weighted by molar-refractivity contribution is -0.301. The molecule has 0 bridgehead atoms. The average molecular weight is 681 g/mol. The molecule has 16 nitrogen and oxygen atoms in total. The second-order valence-electron chi connectivity index (χ2n) is 11.4. The molecule has 0 aliphatic carbocycles. The van der Waals surface area contributed by atoms with Crippen molar-refractivity contribution in [3.63, 3.8) is 0 Å². The van der Waals surface area contributed by atoms with Gasteiger partial charge in [-0.25, -0.2) is 4.79 Å². The van der Waals surface area contributed by atoms with Gasteiger partial charge < -0.3 is 43.4 Å². The molecule has 3 fully saturated rings. The van der Waals surface area contributed by atoms with E-state index in [2.05, 4.69) is 5.32 Å². The Morgan fingerprint density at radius 2 is 1.45 bits per heavy atom. The highest BCUT2D eigenvalue weighted by molar-refractivity contribution is 8.01. The first kappa shape index (κ1) is 35.5. The lowest BCUT2D eigenvalue weighted by atomic mass is 9.95. The van der Waals surface area contributed by atoms with Gasteiger partial charge in [-0.15, -0.1) is 11.8 Å². The smallest absolute Gasteiger partial charge is 0.332 e. The number of benzene rings is 1. The number of ether oxygens (including phenoxy) is 7. The molecule has 0 aromatic heterocycles. The molecule has 256 valence electrons. The van der Waals surface area contributed by atoms with E-state index in [4.69, 9.17) is 33.2 Å². The zero-order valence-electron chi connectivity index (χ0n) is 26.5. The summed E-state index contributed by atoms with van der Waals surface area (Å²) in [5.74, 6) is -4.81. The van der Waals surface area contributed by atoms with Crippen LogP contribution in [0.1, 0.15) is 41.5 Å². The average Bonchev–Trinajstić information content (AvgIpc) is 3.24. The summed E-state index contributed by atoms with van der Waals surface area (Å²) in [4.78, 5) is 88.7. The zero-order chi connectivity index (χ0) is 34.6. The zero-order valence-corrected chi connectivity index (χ0v) is 27.3. The first-order chi connectivity index (χ1) is 22.1. The largest absolute Gasteiger partial charge is 0.484 e. The van der Waals surface area contributed by atoms with Crippen molar-refractivity contribution < 1.29 is 66.7 Å². The summed E-state index contributed by atoms with van der Waals surface area (Å²) < 4.78 is 37.2. The van der Waals surface area contributed by atoms with E-state index in [1.54, 1.807) is 44.2 Å². The fraction of sp³-hybridized carbons (Fsp3) is 0.567. The monoisotopic (exact) mass is 680 g/mol. The molecule has 0 saturated carbocycles. The van der Waals surface area contributed by atoms with E-state index >= 15 is 0 Å². The summed E-state index contributed by atoms with van der Waals surface area (Å²) in [5, 5.41) is 2.03. The van der Waals surface area contributed by atoms with Gasteiger partial charge in [0.25, 0.3) is 5.91 Å². The summed E-state index contributed by atoms with van der Waals surface area (Å²) in [6.45, 7) is 6.88. The normalized spacial score (nSPS) is 28.9. The first-order valence-corrected chi connectivity index (χ1v) is 15.4. The van der Waals surface area contributed by atoms with Gasteiger partial charge in [-0.2, -0.15) is 0 Å². The number of rotatable bonds is 11. The number of fused-ring (bicyclic) bond motifs is 1. The van der Waals surface area contributed by atoms with E-state index in [0.29, 0.717) is 5.75 Å². The van der Waals surface area contributed by atoms with Crippen LogP contribution in [0.5, 0.6) is 5.75 Å². The molecule has 3 heterocycles. The Kier molecular flexibility index (Phi) is 11.0. The summed E-state index contributed by atoms with van der Waals surface area (Å²) >= 11 is 1.26. The van der Waals surface area contributed by atoms with Crippen molar-refractivity contribution in [1.29, 1.82) is 0 Å². The molecule has 1 aromatic rings. The van der Waals surface area contributed by atoms with Crippen LogP contribution in [0.4, 0.5) is 0 Å². The number of esters is 5. The van der Waals surface area contributed by atoms with Crippen LogP contribution in [0.3, 0.4) is 0 Å². The highest BCUT2D eigenvalue weighted by Gasteiger charge is 2.65. The lowest BCUT2D eigenvalue weighted by Crippen LogP contribution is -2.71. The second-order valence-corrected chi connectivity index (χ2v) is 13.2. The molecule has 4 rings (SSSR count). The van der Waals surface area contributed by atoms with Crippen LogP contribution in [0.15, 0.2) is 30.3 Å². The predicted molar refractivity (Wildman–Crippen MR) is 158 cm³/mol. The third kappa shape index (κ3) is 8.32. The molecule has 47 heavy (non-hydrogen) atoms. The van der Waals surface area contributed by atoms with Crippen LogP contribution in [0, 0.1) is 0 Å². The SMILES string of the molecule is CC(=O)OC[C@H]1OC(OC(=O)[C@H]2N3C(=O)[C@H](NC(=O)COc4ccccc4)[C@@H]3SC2(C)C)[C@H](OC(C)=O)[C@@H](OC(C)=O)[C@@H]1OC(C)=O. The number of thioether (sulfide) groups is 1. The van der Waals surface area contributed by atoms with Gasteiger partial charge in [-0.3, -0.25) is 28.8 Å². The standard InChI is InChI=1S/C30H36N2O14S/c1-14(33)40-12-19-22(42-15(2)34)23(43-16(3)35)24(44-17(4)36)29(45-19)46-28(39)25-30(5,6)47-27-21(26(38)32(25)27)31-20(37)13-41-18-10-8-7-9-11-18/h7-11,19,21-25,27,29H,12-13H2,1-6H3,(H,31,37)/t19-,21+,22-,23+,24-,25-,27+,29?/m1/s1. The molecular formula is C30H36N2O14S. The van der Waals surface area contributed by atoms with Crippen molar-refractivity contribution in [2.24, 2.45) is 0 Å². The fourth-order valence-electron chi connectivity index (χ4n) is 5.47. The van der Waals surface area contributed by atoms with Crippen molar-refractivity contribution in [3.05, 3.63) is 30.3 Å². The Balaban J connectivity index is 1.52. The van der Waals surface area contributed by atoms with Gasteiger partial charge >= 0.3 is 29.8 Å².